The summed E-state index contributed by atoms with van der Waals surface area (Å²) in [5.74, 6) is -1.36. The van der Waals surface area contributed by atoms with Crippen LogP contribution in [0.4, 0.5) is 14.5 Å². The molecule has 1 heterocycles. The molecule has 0 spiro atoms. The van der Waals surface area contributed by atoms with Crippen LogP contribution in [-0.2, 0) is 16.1 Å². The third-order valence-corrected chi connectivity index (χ3v) is 4.31. The average Bonchev–Trinajstić information content (AvgIpc) is 2.62. The maximum Gasteiger partial charge on any atom is 0.244 e. The van der Waals surface area contributed by atoms with Crippen LogP contribution >= 0.6 is 12.4 Å². The van der Waals surface area contributed by atoms with Gasteiger partial charge in [-0.3, -0.25) is 4.79 Å². The summed E-state index contributed by atoms with van der Waals surface area (Å²) < 4.78 is 38.0. The van der Waals surface area contributed by atoms with Gasteiger partial charge in [-0.05, 0) is 42.7 Å². The number of ether oxygens (including phenoxy) is 2. The molecule has 0 aromatic heterocycles. The number of hydrogen-bond acceptors (Lipinski definition) is 4. The van der Waals surface area contributed by atoms with Crippen molar-refractivity contribution in [1.82, 2.24) is 0 Å². The number of nitrogens with two attached hydrogens (primary N) is 1. The Hall–Kier alpha value is -2.22. The molecule has 1 amide bonds. The van der Waals surface area contributed by atoms with Crippen molar-refractivity contribution in [3.05, 3.63) is 59.7 Å². The summed E-state index contributed by atoms with van der Waals surface area (Å²) in [5, 5.41) is 2.64. The highest BCUT2D eigenvalue weighted by atomic mass is 35.5. The Balaban J connectivity index is 0.00000261. The fourth-order valence-electron chi connectivity index (χ4n) is 2.70. The van der Waals surface area contributed by atoms with Gasteiger partial charge in [0.25, 0.3) is 0 Å². The van der Waals surface area contributed by atoms with Gasteiger partial charge in [0.2, 0.25) is 5.91 Å². The van der Waals surface area contributed by atoms with Crippen LogP contribution in [0.2, 0.25) is 0 Å². The Morgan fingerprint density at radius 2 is 1.93 bits per heavy atom. The molecule has 0 aliphatic carbocycles. The molecule has 0 bridgehead atoms. The van der Waals surface area contributed by atoms with Crippen molar-refractivity contribution in [1.29, 1.82) is 0 Å². The first-order chi connectivity index (χ1) is 12.5. The van der Waals surface area contributed by atoms with Gasteiger partial charge < -0.3 is 20.5 Å². The Morgan fingerprint density at radius 1 is 1.19 bits per heavy atom. The highest BCUT2D eigenvalue weighted by Gasteiger charge is 2.35. The highest BCUT2D eigenvalue weighted by molar-refractivity contribution is 5.98. The van der Waals surface area contributed by atoms with Crippen LogP contribution in [0.3, 0.4) is 0 Å². The van der Waals surface area contributed by atoms with Crippen LogP contribution in [0.5, 0.6) is 5.75 Å². The molecule has 3 rings (SSSR count). The maximum atomic E-state index is 14.2. The molecular weight excluding hydrogens is 378 g/mol. The zero-order chi connectivity index (χ0) is 18.6. The highest BCUT2D eigenvalue weighted by Crippen LogP contribution is 2.24. The SMILES string of the molecule is Cl.NC1(C(=O)Nc2ccc(OCc3cccc(F)c3)c(F)c2)CCOCC1. The quantitative estimate of drug-likeness (QED) is 0.809. The Bertz CT molecular complexity index is 798. The van der Waals surface area contributed by atoms with Gasteiger partial charge in [-0.25, -0.2) is 8.78 Å². The van der Waals surface area contributed by atoms with Crippen LogP contribution in [0, 0.1) is 11.6 Å². The molecule has 0 atom stereocenters. The van der Waals surface area contributed by atoms with Crippen molar-refractivity contribution in [3.63, 3.8) is 0 Å². The van der Waals surface area contributed by atoms with Gasteiger partial charge in [-0.1, -0.05) is 12.1 Å². The number of amides is 1. The largest absolute Gasteiger partial charge is 0.486 e. The van der Waals surface area contributed by atoms with Crippen molar-refractivity contribution in [2.45, 2.75) is 25.0 Å². The molecule has 146 valence electrons. The molecule has 0 unspecified atom stereocenters. The zero-order valence-corrected chi connectivity index (χ0v) is 15.4. The second-order valence-electron chi connectivity index (χ2n) is 6.29. The smallest absolute Gasteiger partial charge is 0.244 e. The van der Waals surface area contributed by atoms with E-state index in [0.29, 0.717) is 37.3 Å². The van der Waals surface area contributed by atoms with Gasteiger partial charge in [0.15, 0.2) is 11.6 Å². The van der Waals surface area contributed by atoms with Gasteiger partial charge in [-0.15, -0.1) is 12.4 Å². The lowest BCUT2D eigenvalue weighted by atomic mass is 9.90. The molecule has 5 nitrogen and oxygen atoms in total. The van der Waals surface area contributed by atoms with Crippen molar-refractivity contribution in [3.8, 4) is 5.75 Å². The lowest BCUT2D eigenvalue weighted by Gasteiger charge is -2.31. The zero-order valence-electron chi connectivity index (χ0n) is 14.5. The molecule has 27 heavy (non-hydrogen) atoms. The molecule has 1 fully saturated rings. The predicted molar refractivity (Wildman–Crippen MR) is 100.0 cm³/mol. The molecule has 8 heteroatoms. The van der Waals surface area contributed by atoms with E-state index in [2.05, 4.69) is 5.32 Å². The lowest BCUT2D eigenvalue weighted by molar-refractivity contribution is -0.124. The first-order valence-electron chi connectivity index (χ1n) is 8.31. The third kappa shape index (κ3) is 5.38. The summed E-state index contributed by atoms with van der Waals surface area (Å²) in [5.41, 5.74) is 5.97. The number of carbonyl (C=O) groups is 1. The van der Waals surface area contributed by atoms with Crippen LogP contribution in [0.25, 0.3) is 0 Å². The summed E-state index contributed by atoms with van der Waals surface area (Å²) in [6.07, 6.45) is 0.826. The number of rotatable bonds is 5. The van der Waals surface area contributed by atoms with Gasteiger partial charge in [0.1, 0.15) is 18.0 Å². The fraction of sp³-hybridized carbons (Fsp3) is 0.316. The molecule has 0 saturated carbocycles. The lowest BCUT2D eigenvalue weighted by Crippen LogP contribution is -2.54. The number of carbonyl (C=O) groups excluding carboxylic acids is 1. The topological polar surface area (TPSA) is 73.6 Å². The summed E-state index contributed by atoms with van der Waals surface area (Å²) in [4.78, 5) is 12.3. The van der Waals surface area contributed by atoms with E-state index in [0.717, 1.165) is 0 Å². The van der Waals surface area contributed by atoms with Gasteiger partial charge >= 0.3 is 0 Å². The number of hydrogen-bond donors (Lipinski definition) is 2. The first kappa shape index (κ1) is 21.1. The number of anilines is 1. The summed E-state index contributed by atoms with van der Waals surface area (Å²) >= 11 is 0. The summed E-state index contributed by atoms with van der Waals surface area (Å²) in [7, 11) is 0. The summed E-state index contributed by atoms with van der Waals surface area (Å²) in [6, 6.07) is 10.0. The molecule has 0 radical (unpaired) electrons. The standard InChI is InChI=1S/C19H20F2N2O3.ClH/c20-14-3-1-2-13(10-14)12-26-17-5-4-15(11-16(17)21)23-18(24)19(22)6-8-25-9-7-19;/h1-5,10-11H,6-9,12,22H2,(H,23,24);1H. The minimum Gasteiger partial charge on any atom is -0.486 e. The van der Waals surface area contributed by atoms with E-state index in [4.69, 9.17) is 15.2 Å². The van der Waals surface area contributed by atoms with Crippen molar-refractivity contribution >= 4 is 24.0 Å². The fourth-order valence-corrected chi connectivity index (χ4v) is 2.70. The van der Waals surface area contributed by atoms with E-state index in [9.17, 15) is 13.6 Å². The van der Waals surface area contributed by atoms with Crippen LogP contribution in [0.15, 0.2) is 42.5 Å². The molecule has 1 aliphatic rings. The third-order valence-electron chi connectivity index (χ3n) is 4.31. The van der Waals surface area contributed by atoms with Crippen molar-refractivity contribution in [2.24, 2.45) is 5.73 Å². The summed E-state index contributed by atoms with van der Waals surface area (Å²) in [6.45, 7) is 0.878. The number of halogens is 3. The average molecular weight is 399 g/mol. The Morgan fingerprint density at radius 3 is 2.59 bits per heavy atom. The maximum absolute atomic E-state index is 14.2. The van der Waals surface area contributed by atoms with E-state index in [1.165, 1.54) is 30.3 Å². The Kier molecular flexibility index (Phi) is 7.12. The van der Waals surface area contributed by atoms with Crippen LogP contribution in [-0.4, -0.2) is 24.7 Å². The molecule has 2 aromatic rings. The van der Waals surface area contributed by atoms with Gasteiger partial charge in [-0.2, -0.15) is 0 Å². The van der Waals surface area contributed by atoms with E-state index >= 15 is 0 Å². The molecule has 1 saturated heterocycles. The second kappa shape index (κ2) is 9.12. The van der Waals surface area contributed by atoms with Gasteiger partial charge in [0, 0.05) is 25.0 Å². The molecule has 1 aliphatic heterocycles. The van der Waals surface area contributed by atoms with E-state index in [-0.39, 0.29) is 36.5 Å². The molecular formula is C19H21ClF2N2O3. The Labute approximate surface area is 162 Å². The predicted octanol–water partition coefficient (Wildman–Crippen LogP) is 3.41. The van der Waals surface area contributed by atoms with Crippen molar-refractivity contribution < 1.29 is 23.0 Å². The van der Waals surface area contributed by atoms with E-state index in [1.807, 2.05) is 0 Å². The van der Waals surface area contributed by atoms with Gasteiger partial charge in [0.05, 0.1) is 0 Å². The minimum atomic E-state index is -1.01. The minimum absolute atomic E-state index is 0. The normalized spacial score (nSPS) is 15.5. The monoisotopic (exact) mass is 398 g/mol. The number of nitrogens with one attached hydrogen (secondary N) is 1. The van der Waals surface area contributed by atoms with Crippen LogP contribution < -0.4 is 15.8 Å². The van der Waals surface area contributed by atoms with Crippen LogP contribution in [0.1, 0.15) is 18.4 Å². The molecule has 3 N–H and O–H groups in total. The van der Waals surface area contributed by atoms with E-state index < -0.39 is 11.4 Å². The number of benzene rings is 2. The van der Waals surface area contributed by atoms with Crippen molar-refractivity contribution in [2.75, 3.05) is 18.5 Å². The van der Waals surface area contributed by atoms with E-state index in [1.54, 1.807) is 12.1 Å². The first-order valence-corrected chi connectivity index (χ1v) is 8.31. The molecule has 2 aromatic carbocycles. The second-order valence-corrected chi connectivity index (χ2v) is 6.29.